The second-order valence-electron chi connectivity index (χ2n) is 10.8. The lowest BCUT2D eigenvalue weighted by atomic mass is 10.1. The Bertz CT molecular complexity index is 1560. The SMILES string of the molecule is CC1CN(C(=O)CCCCSc2nnc(Cc3ccccc3)n2-c2ccccc2)CCN1C(=O)c1cccc(C(F)(F)F)c1. The maximum atomic E-state index is 13.1. The van der Waals surface area contributed by atoms with E-state index in [0.717, 1.165) is 46.5 Å². The zero-order chi connectivity index (χ0) is 31.1. The molecule has 0 N–H and O–H groups in total. The molecule has 0 bridgehead atoms. The predicted octanol–water partition coefficient (Wildman–Crippen LogP) is 6.51. The van der Waals surface area contributed by atoms with Crippen LogP contribution in [0.3, 0.4) is 0 Å². The van der Waals surface area contributed by atoms with Crippen molar-refractivity contribution in [1.29, 1.82) is 0 Å². The lowest BCUT2D eigenvalue weighted by Gasteiger charge is -2.40. The topological polar surface area (TPSA) is 71.3 Å². The number of para-hydroxylation sites is 1. The van der Waals surface area contributed by atoms with Crippen LogP contribution in [-0.2, 0) is 17.4 Å². The minimum atomic E-state index is -4.52. The third kappa shape index (κ3) is 7.68. The summed E-state index contributed by atoms with van der Waals surface area (Å²) in [6.45, 7) is 2.80. The van der Waals surface area contributed by atoms with Gasteiger partial charge < -0.3 is 9.80 Å². The van der Waals surface area contributed by atoms with Crippen molar-refractivity contribution in [3.63, 3.8) is 0 Å². The van der Waals surface area contributed by atoms with Crippen LogP contribution in [-0.4, -0.2) is 67.8 Å². The van der Waals surface area contributed by atoms with Crippen molar-refractivity contribution in [3.05, 3.63) is 107 Å². The highest BCUT2D eigenvalue weighted by Crippen LogP contribution is 2.30. The highest BCUT2D eigenvalue weighted by atomic mass is 32.2. The average molecular weight is 622 g/mol. The third-order valence-corrected chi connectivity index (χ3v) is 8.63. The second kappa shape index (κ2) is 14.1. The number of alkyl halides is 3. The number of piperazine rings is 1. The van der Waals surface area contributed by atoms with Crippen molar-refractivity contribution in [2.45, 2.75) is 50.0 Å². The molecule has 1 fully saturated rings. The molecule has 0 radical (unpaired) electrons. The Morgan fingerprint density at radius 1 is 0.909 bits per heavy atom. The minimum absolute atomic E-state index is 0.000708. The summed E-state index contributed by atoms with van der Waals surface area (Å²) in [6, 6.07) is 24.4. The lowest BCUT2D eigenvalue weighted by molar-refractivity contribution is -0.137. The van der Waals surface area contributed by atoms with Crippen LogP contribution in [0.4, 0.5) is 13.2 Å². The van der Waals surface area contributed by atoms with Crippen LogP contribution in [0.15, 0.2) is 90.1 Å². The fourth-order valence-electron chi connectivity index (χ4n) is 5.30. The Kier molecular flexibility index (Phi) is 10.0. The largest absolute Gasteiger partial charge is 0.416 e. The summed E-state index contributed by atoms with van der Waals surface area (Å²) >= 11 is 1.61. The van der Waals surface area contributed by atoms with Crippen molar-refractivity contribution in [2.75, 3.05) is 25.4 Å². The number of unbranched alkanes of at least 4 members (excludes halogenated alkanes) is 1. The zero-order valence-electron chi connectivity index (χ0n) is 24.4. The third-order valence-electron chi connectivity index (χ3n) is 7.61. The van der Waals surface area contributed by atoms with E-state index in [1.165, 1.54) is 12.1 Å². The molecule has 1 aromatic heterocycles. The van der Waals surface area contributed by atoms with Crippen molar-refractivity contribution in [2.24, 2.45) is 0 Å². The van der Waals surface area contributed by atoms with Gasteiger partial charge in [0.1, 0.15) is 5.82 Å². The Balaban J connectivity index is 1.11. The molecule has 1 aliphatic heterocycles. The molecule has 4 aromatic rings. The van der Waals surface area contributed by atoms with Crippen LogP contribution in [0.5, 0.6) is 0 Å². The van der Waals surface area contributed by atoms with Gasteiger partial charge in [-0.15, -0.1) is 10.2 Å². The summed E-state index contributed by atoms with van der Waals surface area (Å²) < 4.78 is 41.4. The predicted molar refractivity (Wildman–Crippen MR) is 164 cm³/mol. The van der Waals surface area contributed by atoms with Crippen molar-refractivity contribution in [3.8, 4) is 5.69 Å². The number of hydrogen-bond donors (Lipinski definition) is 0. The number of amides is 2. The van der Waals surface area contributed by atoms with Gasteiger partial charge in [-0.3, -0.25) is 14.2 Å². The molecule has 1 atom stereocenters. The number of nitrogens with zero attached hydrogens (tertiary/aromatic N) is 5. The minimum Gasteiger partial charge on any atom is -0.339 e. The van der Waals surface area contributed by atoms with Crippen LogP contribution in [0, 0.1) is 0 Å². The highest BCUT2D eigenvalue weighted by Gasteiger charge is 2.33. The first-order valence-electron chi connectivity index (χ1n) is 14.6. The van der Waals surface area contributed by atoms with Gasteiger partial charge in [-0.2, -0.15) is 13.2 Å². The number of carbonyl (C=O) groups is 2. The van der Waals surface area contributed by atoms with Gasteiger partial charge in [0, 0.05) is 55.5 Å². The summed E-state index contributed by atoms with van der Waals surface area (Å²) in [4.78, 5) is 29.2. The second-order valence-corrected chi connectivity index (χ2v) is 11.9. The number of carbonyl (C=O) groups excluding carboxylic acids is 2. The first kappa shape index (κ1) is 31.3. The first-order valence-corrected chi connectivity index (χ1v) is 15.6. The molecule has 1 aliphatic rings. The molecule has 2 heterocycles. The normalized spacial score (nSPS) is 15.4. The molecule has 7 nitrogen and oxygen atoms in total. The van der Waals surface area contributed by atoms with Gasteiger partial charge in [0.25, 0.3) is 5.91 Å². The molecule has 1 unspecified atom stereocenters. The van der Waals surface area contributed by atoms with Crippen LogP contribution in [0.2, 0.25) is 0 Å². The van der Waals surface area contributed by atoms with Gasteiger partial charge >= 0.3 is 6.18 Å². The summed E-state index contributed by atoms with van der Waals surface area (Å²) in [5, 5.41) is 9.77. The van der Waals surface area contributed by atoms with Gasteiger partial charge in [-0.25, -0.2) is 0 Å². The van der Waals surface area contributed by atoms with E-state index in [1.54, 1.807) is 21.6 Å². The van der Waals surface area contributed by atoms with Crippen LogP contribution < -0.4 is 0 Å². The number of benzene rings is 3. The summed E-state index contributed by atoms with van der Waals surface area (Å²) in [5.41, 5.74) is 1.30. The average Bonchev–Trinajstić information content (AvgIpc) is 3.42. The fraction of sp³-hybridized carbons (Fsp3) is 0.333. The lowest BCUT2D eigenvalue weighted by Crippen LogP contribution is -2.55. The number of thioether (sulfide) groups is 1. The summed E-state index contributed by atoms with van der Waals surface area (Å²) in [6.07, 6.45) is -1.94. The Hall–Kier alpha value is -4.12. The van der Waals surface area contributed by atoms with E-state index >= 15 is 0 Å². The molecule has 0 saturated carbocycles. The molecular formula is C33H34F3N5O2S. The van der Waals surface area contributed by atoms with Gasteiger partial charge in [-0.1, -0.05) is 66.4 Å². The number of aromatic nitrogens is 3. The molecule has 0 spiro atoms. The summed E-state index contributed by atoms with van der Waals surface area (Å²) in [7, 11) is 0. The van der Waals surface area contributed by atoms with Gasteiger partial charge in [0.05, 0.1) is 5.56 Å². The van der Waals surface area contributed by atoms with Crippen LogP contribution >= 0.6 is 11.8 Å². The molecular weight excluding hydrogens is 587 g/mol. The molecule has 44 heavy (non-hydrogen) atoms. The highest BCUT2D eigenvalue weighted by molar-refractivity contribution is 7.99. The van der Waals surface area contributed by atoms with E-state index in [2.05, 4.69) is 26.9 Å². The first-order chi connectivity index (χ1) is 21.2. The van der Waals surface area contributed by atoms with Gasteiger partial charge in [-0.05, 0) is 55.7 Å². The maximum Gasteiger partial charge on any atom is 0.416 e. The van der Waals surface area contributed by atoms with Crippen molar-refractivity contribution < 1.29 is 22.8 Å². The molecule has 1 saturated heterocycles. The number of hydrogen-bond acceptors (Lipinski definition) is 5. The number of rotatable bonds is 10. The van der Waals surface area contributed by atoms with E-state index < -0.39 is 17.6 Å². The van der Waals surface area contributed by atoms with Crippen LogP contribution in [0.1, 0.15) is 53.5 Å². The molecule has 2 amide bonds. The maximum absolute atomic E-state index is 13.1. The molecule has 5 rings (SSSR count). The van der Waals surface area contributed by atoms with E-state index in [-0.39, 0.29) is 24.1 Å². The van der Waals surface area contributed by atoms with Crippen molar-refractivity contribution in [1.82, 2.24) is 24.6 Å². The van der Waals surface area contributed by atoms with E-state index in [0.29, 0.717) is 32.4 Å². The van der Waals surface area contributed by atoms with E-state index in [9.17, 15) is 22.8 Å². The molecule has 11 heteroatoms. The number of halogens is 3. The summed E-state index contributed by atoms with van der Waals surface area (Å²) in [5.74, 6) is 1.20. The molecule has 3 aromatic carbocycles. The van der Waals surface area contributed by atoms with Gasteiger partial charge in [0.2, 0.25) is 5.91 Å². The smallest absolute Gasteiger partial charge is 0.339 e. The van der Waals surface area contributed by atoms with E-state index in [1.807, 2.05) is 55.5 Å². The quantitative estimate of drug-likeness (QED) is 0.149. The fourth-order valence-corrected chi connectivity index (χ4v) is 6.27. The molecule has 0 aliphatic carbocycles. The zero-order valence-corrected chi connectivity index (χ0v) is 25.2. The Labute approximate surface area is 259 Å². The van der Waals surface area contributed by atoms with E-state index in [4.69, 9.17) is 0 Å². The molecule has 230 valence electrons. The standard InChI is InChI=1S/C33H34F3N5O2S/c1-24-23-39(18-19-40(24)31(43)26-13-10-14-27(22-26)33(34,35)36)30(42)17-8-9-20-44-32-38-37-29(21-25-11-4-2-5-12-25)41(32)28-15-6-3-7-16-28/h2-7,10-16,22,24H,8-9,17-21,23H2,1H3. The monoisotopic (exact) mass is 621 g/mol. The Morgan fingerprint density at radius 3 is 2.34 bits per heavy atom. The van der Waals surface area contributed by atoms with Gasteiger partial charge in [0.15, 0.2) is 5.16 Å². The van der Waals surface area contributed by atoms with Crippen LogP contribution in [0.25, 0.3) is 5.69 Å². The Morgan fingerprint density at radius 2 is 1.64 bits per heavy atom. The van der Waals surface area contributed by atoms with Crippen molar-refractivity contribution >= 4 is 23.6 Å².